The Hall–Kier alpha value is -1.16. The molecule has 5 heteroatoms. The number of hydrogen-bond donors (Lipinski definition) is 0. The molecular formula is C16H25ClN4. The van der Waals surface area contributed by atoms with Crippen molar-refractivity contribution >= 4 is 17.2 Å². The largest absolute Gasteiger partial charge is 0.282 e. The van der Waals surface area contributed by atoms with Crippen molar-refractivity contribution in [3.63, 3.8) is 0 Å². The lowest BCUT2D eigenvalue weighted by molar-refractivity contribution is 0.561. The van der Waals surface area contributed by atoms with Gasteiger partial charge in [0.2, 0.25) is 0 Å². The maximum atomic E-state index is 5.99. The Kier molecular flexibility index (Phi) is 6.93. The number of aryl methyl sites for hydroxylation is 1. The molecule has 0 N–H and O–H groups in total. The number of fused-ring (bicyclic) bond motifs is 1. The summed E-state index contributed by atoms with van der Waals surface area (Å²) in [6, 6.07) is 0. The third kappa shape index (κ3) is 4.95. The molecule has 0 aliphatic rings. The van der Waals surface area contributed by atoms with Gasteiger partial charge in [0.15, 0.2) is 10.8 Å². The zero-order valence-corrected chi connectivity index (χ0v) is 13.6. The Morgan fingerprint density at radius 1 is 0.952 bits per heavy atom. The lowest BCUT2D eigenvalue weighted by atomic mass is 10.1. The molecule has 0 aliphatic heterocycles. The molecule has 116 valence electrons. The minimum absolute atomic E-state index is 0.420. The molecule has 2 aromatic heterocycles. The van der Waals surface area contributed by atoms with E-state index in [1.54, 1.807) is 6.20 Å². The molecular weight excluding hydrogens is 284 g/mol. The second kappa shape index (κ2) is 8.98. The van der Waals surface area contributed by atoms with Crippen molar-refractivity contribution in [2.75, 3.05) is 0 Å². The molecule has 0 spiro atoms. The number of hydrogen-bond acceptors (Lipinski definition) is 3. The van der Waals surface area contributed by atoms with E-state index in [0.717, 1.165) is 18.7 Å². The van der Waals surface area contributed by atoms with Crippen molar-refractivity contribution < 1.29 is 0 Å². The van der Waals surface area contributed by atoms with Gasteiger partial charge in [-0.2, -0.15) is 0 Å². The first-order valence-electron chi connectivity index (χ1n) is 8.17. The predicted molar refractivity (Wildman–Crippen MR) is 86.7 cm³/mol. The van der Waals surface area contributed by atoms with E-state index in [-0.39, 0.29) is 0 Å². The molecule has 2 aromatic rings. The number of rotatable bonds is 10. The standard InChI is InChI=1S/C16H25ClN4/c1-2-3-4-5-6-7-8-9-10-11-14-19-20-16-15(17)18-12-13-21(14)16/h12-13H,2-11H2,1H3. The van der Waals surface area contributed by atoms with E-state index in [9.17, 15) is 0 Å². The van der Waals surface area contributed by atoms with Crippen molar-refractivity contribution in [2.45, 2.75) is 71.1 Å². The molecule has 0 saturated carbocycles. The van der Waals surface area contributed by atoms with E-state index in [2.05, 4.69) is 22.1 Å². The van der Waals surface area contributed by atoms with Crippen LogP contribution in [0.4, 0.5) is 0 Å². The Balaban J connectivity index is 1.63. The summed E-state index contributed by atoms with van der Waals surface area (Å²) in [4.78, 5) is 4.01. The lowest BCUT2D eigenvalue weighted by Gasteiger charge is -2.02. The molecule has 0 bridgehead atoms. The molecule has 0 fully saturated rings. The number of aromatic nitrogens is 4. The first-order valence-corrected chi connectivity index (χ1v) is 8.55. The molecule has 0 atom stereocenters. The van der Waals surface area contributed by atoms with Crippen molar-refractivity contribution in [1.29, 1.82) is 0 Å². The van der Waals surface area contributed by atoms with Gasteiger partial charge in [0, 0.05) is 18.8 Å². The van der Waals surface area contributed by atoms with Crippen LogP contribution in [0, 0.1) is 0 Å². The minimum Gasteiger partial charge on any atom is -0.282 e. The van der Waals surface area contributed by atoms with Crippen LogP contribution < -0.4 is 0 Å². The van der Waals surface area contributed by atoms with Gasteiger partial charge in [0.25, 0.3) is 0 Å². The number of unbranched alkanes of at least 4 members (excludes halogenated alkanes) is 8. The molecule has 0 amide bonds. The first kappa shape index (κ1) is 16.2. The second-order valence-corrected chi connectivity index (χ2v) is 5.96. The predicted octanol–water partition coefficient (Wildman–Crippen LogP) is 4.85. The van der Waals surface area contributed by atoms with Gasteiger partial charge in [-0.05, 0) is 6.42 Å². The van der Waals surface area contributed by atoms with Gasteiger partial charge in [-0.1, -0.05) is 69.9 Å². The summed E-state index contributed by atoms with van der Waals surface area (Å²) in [6.07, 6.45) is 16.5. The van der Waals surface area contributed by atoms with Crippen LogP contribution in [0.1, 0.15) is 70.5 Å². The zero-order valence-electron chi connectivity index (χ0n) is 12.9. The topological polar surface area (TPSA) is 43.1 Å². The molecule has 2 rings (SSSR count). The summed E-state index contributed by atoms with van der Waals surface area (Å²) in [6.45, 7) is 2.26. The molecule has 0 radical (unpaired) electrons. The molecule has 4 nitrogen and oxygen atoms in total. The quantitative estimate of drug-likeness (QED) is 0.589. The van der Waals surface area contributed by atoms with Crippen LogP contribution in [0.5, 0.6) is 0 Å². The first-order chi connectivity index (χ1) is 10.3. The van der Waals surface area contributed by atoms with Gasteiger partial charge in [0.1, 0.15) is 5.82 Å². The van der Waals surface area contributed by atoms with Crippen LogP contribution in [-0.2, 0) is 6.42 Å². The molecule has 0 aromatic carbocycles. The van der Waals surface area contributed by atoms with E-state index in [1.807, 2.05) is 10.6 Å². The Labute approximate surface area is 131 Å². The highest BCUT2D eigenvalue weighted by Crippen LogP contribution is 2.15. The van der Waals surface area contributed by atoms with E-state index in [0.29, 0.717) is 10.8 Å². The number of halogens is 1. The Morgan fingerprint density at radius 3 is 2.33 bits per heavy atom. The highest BCUT2D eigenvalue weighted by Gasteiger charge is 2.08. The van der Waals surface area contributed by atoms with Crippen LogP contribution in [0.15, 0.2) is 12.4 Å². The maximum Gasteiger partial charge on any atom is 0.198 e. The van der Waals surface area contributed by atoms with Crippen molar-refractivity contribution in [3.05, 3.63) is 23.4 Å². The van der Waals surface area contributed by atoms with Gasteiger partial charge < -0.3 is 0 Å². The Bertz CT molecular complexity index is 538. The molecule has 2 heterocycles. The van der Waals surface area contributed by atoms with Crippen molar-refractivity contribution in [2.24, 2.45) is 0 Å². The van der Waals surface area contributed by atoms with Gasteiger partial charge >= 0.3 is 0 Å². The van der Waals surface area contributed by atoms with Gasteiger partial charge in [-0.15, -0.1) is 10.2 Å². The average Bonchev–Trinajstić information content (AvgIpc) is 2.90. The van der Waals surface area contributed by atoms with Gasteiger partial charge in [0.05, 0.1) is 0 Å². The van der Waals surface area contributed by atoms with Crippen LogP contribution >= 0.6 is 11.6 Å². The summed E-state index contributed by atoms with van der Waals surface area (Å²) < 4.78 is 1.94. The van der Waals surface area contributed by atoms with Crippen LogP contribution in [0.25, 0.3) is 5.65 Å². The fourth-order valence-electron chi connectivity index (χ4n) is 2.61. The smallest absolute Gasteiger partial charge is 0.198 e. The molecule has 0 saturated heterocycles. The molecule has 0 unspecified atom stereocenters. The van der Waals surface area contributed by atoms with Crippen molar-refractivity contribution in [1.82, 2.24) is 19.6 Å². The third-order valence-electron chi connectivity index (χ3n) is 3.86. The highest BCUT2D eigenvalue weighted by molar-refractivity contribution is 6.32. The third-order valence-corrected chi connectivity index (χ3v) is 4.13. The van der Waals surface area contributed by atoms with Crippen LogP contribution in [0.3, 0.4) is 0 Å². The monoisotopic (exact) mass is 308 g/mol. The SMILES string of the molecule is CCCCCCCCCCCc1nnc2c(Cl)nccn12. The second-order valence-electron chi connectivity index (χ2n) is 5.61. The fraction of sp³-hybridized carbons (Fsp3) is 0.688. The van der Waals surface area contributed by atoms with Crippen LogP contribution in [-0.4, -0.2) is 19.6 Å². The summed E-state index contributed by atoms with van der Waals surface area (Å²) in [5.74, 6) is 0.984. The van der Waals surface area contributed by atoms with E-state index >= 15 is 0 Å². The summed E-state index contributed by atoms with van der Waals surface area (Å²) >= 11 is 5.99. The van der Waals surface area contributed by atoms with Crippen LogP contribution in [0.2, 0.25) is 5.15 Å². The number of nitrogens with zero attached hydrogens (tertiary/aromatic N) is 4. The maximum absolute atomic E-state index is 5.99. The fourth-order valence-corrected chi connectivity index (χ4v) is 2.79. The zero-order chi connectivity index (χ0) is 14.9. The lowest BCUT2D eigenvalue weighted by Crippen LogP contribution is -1.96. The molecule has 0 aliphatic carbocycles. The van der Waals surface area contributed by atoms with Gasteiger partial charge in [-0.25, -0.2) is 4.98 Å². The van der Waals surface area contributed by atoms with E-state index in [4.69, 9.17) is 11.6 Å². The van der Waals surface area contributed by atoms with E-state index < -0.39 is 0 Å². The Morgan fingerprint density at radius 2 is 1.62 bits per heavy atom. The highest BCUT2D eigenvalue weighted by atomic mass is 35.5. The average molecular weight is 309 g/mol. The summed E-state index contributed by atoms with van der Waals surface area (Å²) in [5.41, 5.74) is 0.657. The normalized spacial score (nSPS) is 11.3. The summed E-state index contributed by atoms with van der Waals surface area (Å²) in [7, 11) is 0. The van der Waals surface area contributed by atoms with E-state index in [1.165, 1.54) is 51.4 Å². The van der Waals surface area contributed by atoms with Crippen molar-refractivity contribution in [3.8, 4) is 0 Å². The molecule has 21 heavy (non-hydrogen) atoms. The minimum atomic E-state index is 0.420. The summed E-state index contributed by atoms with van der Waals surface area (Å²) in [5, 5.41) is 8.73. The van der Waals surface area contributed by atoms with Gasteiger partial charge in [-0.3, -0.25) is 4.40 Å².